The second-order valence-electron chi connectivity index (χ2n) is 6.51. The molecule has 2 saturated heterocycles. The van der Waals surface area contributed by atoms with Gasteiger partial charge in [0, 0.05) is 25.6 Å². The minimum Gasteiger partial charge on any atom is -0.389 e. The molecule has 2 heterocycles. The van der Waals surface area contributed by atoms with Crippen LogP contribution in [0, 0.1) is 5.92 Å². The van der Waals surface area contributed by atoms with E-state index in [1.807, 2.05) is 13.8 Å². The fourth-order valence-corrected chi connectivity index (χ4v) is 3.42. The molecule has 1 N–H and O–H groups in total. The Hall–Kier alpha value is -0.610. The first-order chi connectivity index (χ1) is 9.58. The zero-order chi connectivity index (χ0) is 14.6. The lowest BCUT2D eigenvalue weighted by atomic mass is 9.92. The third kappa shape index (κ3) is 3.73. The molecule has 20 heavy (non-hydrogen) atoms. The summed E-state index contributed by atoms with van der Waals surface area (Å²) in [6, 6.07) is 0. The van der Waals surface area contributed by atoms with Gasteiger partial charge in [0.1, 0.15) is 0 Å². The Morgan fingerprint density at radius 2 is 1.65 bits per heavy atom. The Bertz CT molecular complexity index is 314. The fourth-order valence-electron chi connectivity index (χ4n) is 3.42. The Balaban J connectivity index is 1.78. The van der Waals surface area contributed by atoms with E-state index in [9.17, 15) is 9.90 Å². The third-order valence-electron chi connectivity index (χ3n) is 5.19. The Morgan fingerprint density at radius 3 is 2.15 bits per heavy atom. The van der Waals surface area contributed by atoms with Crippen molar-refractivity contribution in [1.29, 1.82) is 0 Å². The fraction of sp³-hybridized carbons (Fsp3) is 0.938. The van der Waals surface area contributed by atoms with Crippen molar-refractivity contribution in [2.75, 3.05) is 32.7 Å². The van der Waals surface area contributed by atoms with E-state index in [1.165, 1.54) is 12.8 Å². The van der Waals surface area contributed by atoms with Gasteiger partial charge < -0.3 is 14.9 Å². The van der Waals surface area contributed by atoms with E-state index in [1.54, 1.807) is 0 Å². The van der Waals surface area contributed by atoms with E-state index in [4.69, 9.17) is 0 Å². The highest BCUT2D eigenvalue weighted by molar-refractivity contribution is 5.79. The Labute approximate surface area is 123 Å². The van der Waals surface area contributed by atoms with Crippen molar-refractivity contribution in [3.05, 3.63) is 0 Å². The summed E-state index contributed by atoms with van der Waals surface area (Å²) >= 11 is 0. The molecule has 1 amide bonds. The molecule has 0 spiro atoms. The average molecular weight is 282 g/mol. The van der Waals surface area contributed by atoms with Crippen molar-refractivity contribution in [2.24, 2.45) is 5.92 Å². The van der Waals surface area contributed by atoms with Gasteiger partial charge >= 0.3 is 0 Å². The predicted molar refractivity (Wildman–Crippen MR) is 80.5 cm³/mol. The molecule has 2 fully saturated rings. The smallest absolute Gasteiger partial charge is 0.225 e. The van der Waals surface area contributed by atoms with E-state index in [-0.39, 0.29) is 5.92 Å². The number of nitrogens with zero attached hydrogens (tertiary/aromatic N) is 2. The molecule has 0 radical (unpaired) electrons. The molecule has 116 valence electrons. The lowest BCUT2D eigenvalue weighted by Gasteiger charge is -2.37. The number of carbonyl (C=O) groups is 1. The summed E-state index contributed by atoms with van der Waals surface area (Å²) in [7, 11) is 0. The van der Waals surface area contributed by atoms with Gasteiger partial charge in [-0.1, -0.05) is 13.8 Å². The van der Waals surface area contributed by atoms with Gasteiger partial charge in [-0.15, -0.1) is 0 Å². The molecule has 4 nitrogen and oxygen atoms in total. The van der Waals surface area contributed by atoms with E-state index in [2.05, 4.69) is 9.80 Å². The van der Waals surface area contributed by atoms with Crippen LogP contribution < -0.4 is 0 Å². The van der Waals surface area contributed by atoms with E-state index in [0.717, 1.165) is 58.4 Å². The minimum absolute atomic E-state index is 0.223. The summed E-state index contributed by atoms with van der Waals surface area (Å²) < 4.78 is 0. The predicted octanol–water partition coefficient (Wildman–Crippen LogP) is 1.87. The van der Waals surface area contributed by atoms with Crippen LogP contribution in [0.5, 0.6) is 0 Å². The number of hydrogen-bond donors (Lipinski definition) is 1. The molecular weight excluding hydrogens is 252 g/mol. The maximum Gasteiger partial charge on any atom is 0.225 e. The lowest BCUT2D eigenvalue weighted by Crippen LogP contribution is -2.47. The maximum atomic E-state index is 12.4. The van der Waals surface area contributed by atoms with Crippen molar-refractivity contribution in [1.82, 2.24) is 9.80 Å². The van der Waals surface area contributed by atoms with Crippen LogP contribution in [0.2, 0.25) is 0 Å². The topological polar surface area (TPSA) is 43.8 Å². The molecule has 4 heteroatoms. The van der Waals surface area contributed by atoms with Crippen LogP contribution in [0.15, 0.2) is 0 Å². The van der Waals surface area contributed by atoms with Crippen molar-refractivity contribution in [3.63, 3.8) is 0 Å². The summed E-state index contributed by atoms with van der Waals surface area (Å²) in [5.74, 6) is 0.601. The molecule has 2 aliphatic heterocycles. The van der Waals surface area contributed by atoms with Crippen molar-refractivity contribution >= 4 is 5.91 Å². The van der Waals surface area contributed by atoms with Gasteiger partial charge in [-0.05, 0) is 51.6 Å². The first-order valence-electron chi connectivity index (χ1n) is 8.31. The number of piperidine rings is 1. The van der Waals surface area contributed by atoms with Gasteiger partial charge in [0.2, 0.25) is 5.91 Å². The molecule has 0 aromatic carbocycles. The number of hydrogen-bond acceptors (Lipinski definition) is 3. The van der Waals surface area contributed by atoms with Gasteiger partial charge in [-0.2, -0.15) is 0 Å². The number of rotatable bonds is 5. The van der Waals surface area contributed by atoms with Crippen LogP contribution >= 0.6 is 0 Å². The number of aliphatic hydroxyl groups is 1. The molecule has 2 rings (SSSR count). The van der Waals surface area contributed by atoms with Crippen molar-refractivity contribution in [3.8, 4) is 0 Å². The molecule has 0 saturated carbocycles. The van der Waals surface area contributed by atoms with Crippen LogP contribution in [0.1, 0.15) is 52.4 Å². The first-order valence-corrected chi connectivity index (χ1v) is 8.31. The molecule has 0 aromatic heterocycles. The standard InChI is InChI=1S/C16H30N2O2/c1-3-16(20,4-2)13-17-11-7-14(8-12-17)15(19)18-9-5-6-10-18/h14,20H,3-13H2,1-2H3. The molecular formula is C16H30N2O2. The summed E-state index contributed by atoms with van der Waals surface area (Å²) in [6.45, 7) is 8.68. The zero-order valence-corrected chi connectivity index (χ0v) is 13.1. The number of carbonyl (C=O) groups excluding carboxylic acids is 1. The van der Waals surface area contributed by atoms with Gasteiger partial charge in [0.15, 0.2) is 0 Å². The van der Waals surface area contributed by atoms with E-state index >= 15 is 0 Å². The largest absolute Gasteiger partial charge is 0.389 e. The highest BCUT2D eigenvalue weighted by Gasteiger charge is 2.32. The van der Waals surface area contributed by atoms with Gasteiger partial charge in [-0.25, -0.2) is 0 Å². The summed E-state index contributed by atoms with van der Waals surface area (Å²) in [5, 5.41) is 10.4. The average Bonchev–Trinajstić information content (AvgIpc) is 3.01. The van der Waals surface area contributed by atoms with Gasteiger partial charge in [-0.3, -0.25) is 4.79 Å². The van der Waals surface area contributed by atoms with Crippen molar-refractivity contribution < 1.29 is 9.90 Å². The number of likely N-dealkylation sites (tertiary alicyclic amines) is 2. The highest BCUT2D eigenvalue weighted by Crippen LogP contribution is 2.24. The van der Waals surface area contributed by atoms with E-state index in [0.29, 0.717) is 5.91 Å². The number of amides is 1. The van der Waals surface area contributed by atoms with Crippen LogP contribution in [0.25, 0.3) is 0 Å². The monoisotopic (exact) mass is 282 g/mol. The molecule has 0 aromatic rings. The molecule has 0 unspecified atom stereocenters. The zero-order valence-electron chi connectivity index (χ0n) is 13.1. The van der Waals surface area contributed by atoms with Gasteiger partial charge in [0.25, 0.3) is 0 Å². The number of β-amino-alcohol motifs (C(OH)–C–C–N with tert-alkyl or cyclic N) is 1. The molecule has 0 aliphatic carbocycles. The second kappa shape index (κ2) is 6.90. The second-order valence-corrected chi connectivity index (χ2v) is 6.51. The van der Waals surface area contributed by atoms with Crippen LogP contribution in [0.4, 0.5) is 0 Å². The van der Waals surface area contributed by atoms with Crippen LogP contribution in [-0.2, 0) is 4.79 Å². The van der Waals surface area contributed by atoms with Crippen LogP contribution in [-0.4, -0.2) is 59.1 Å². The Morgan fingerprint density at radius 1 is 1.10 bits per heavy atom. The summed E-state index contributed by atoms with van der Waals surface area (Å²) in [4.78, 5) is 16.7. The SMILES string of the molecule is CCC(O)(CC)CN1CCC(C(=O)N2CCCC2)CC1. The molecule has 0 atom stereocenters. The normalized spacial score (nSPS) is 22.4. The highest BCUT2D eigenvalue weighted by atomic mass is 16.3. The maximum absolute atomic E-state index is 12.4. The molecule has 0 bridgehead atoms. The molecule has 2 aliphatic rings. The summed E-state index contributed by atoms with van der Waals surface area (Å²) in [5.41, 5.74) is -0.550. The first kappa shape index (κ1) is 15.8. The summed E-state index contributed by atoms with van der Waals surface area (Å²) in [6.07, 6.45) is 5.86. The van der Waals surface area contributed by atoms with Gasteiger partial charge in [0.05, 0.1) is 5.60 Å². The third-order valence-corrected chi connectivity index (χ3v) is 5.19. The lowest BCUT2D eigenvalue weighted by molar-refractivity contribution is -0.136. The van der Waals surface area contributed by atoms with E-state index < -0.39 is 5.60 Å². The Kier molecular flexibility index (Phi) is 5.44. The van der Waals surface area contributed by atoms with Crippen LogP contribution in [0.3, 0.4) is 0 Å². The quantitative estimate of drug-likeness (QED) is 0.837. The minimum atomic E-state index is -0.550. The van der Waals surface area contributed by atoms with Crippen molar-refractivity contribution in [2.45, 2.75) is 58.0 Å².